The van der Waals surface area contributed by atoms with Crippen LogP contribution in [0.3, 0.4) is 0 Å². The van der Waals surface area contributed by atoms with Crippen LogP contribution in [0.1, 0.15) is 12.8 Å². The fourth-order valence-electron chi connectivity index (χ4n) is 2.15. The van der Waals surface area contributed by atoms with Gasteiger partial charge < -0.3 is 9.30 Å². The lowest BCUT2D eigenvalue weighted by Gasteiger charge is -2.22. The van der Waals surface area contributed by atoms with Crippen LogP contribution in [0.4, 0.5) is 0 Å². The summed E-state index contributed by atoms with van der Waals surface area (Å²) in [7, 11) is 0. The van der Waals surface area contributed by atoms with Gasteiger partial charge in [-0.1, -0.05) is 0 Å². The number of ether oxygens (including phenoxy) is 1. The molecule has 1 aromatic carbocycles. The molecule has 0 aliphatic carbocycles. The number of imidazole rings is 1. The van der Waals surface area contributed by atoms with E-state index in [1.807, 2.05) is 35.0 Å². The van der Waals surface area contributed by atoms with E-state index < -0.39 is 0 Å². The van der Waals surface area contributed by atoms with E-state index in [4.69, 9.17) is 4.74 Å². The summed E-state index contributed by atoms with van der Waals surface area (Å²) in [4.78, 5) is 4.04. The molecule has 0 atom stereocenters. The molecule has 0 bridgehead atoms. The average Bonchev–Trinajstić information content (AvgIpc) is 2.95. The fraction of sp³-hybridized carbons (Fsp3) is 0.357. The quantitative estimate of drug-likeness (QED) is 0.826. The highest BCUT2D eigenvalue weighted by molar-refractivity contribution is 5.37. The molecule has 1 aromatic heterocycles. The van der Waals surface area contributed by atoms with Crippen LogP contribution in [-0.4, -0.2) is 28.7 Å². The lowest BCUT2D eigenvalue weighted by Crippen LogP contribution is -2.30. The highest BCUT2D eigenvalue weighted by atomic mass is 16.5. The van der Waals surface area contributed by atoms with Crippen LogP contribution in [0.2, 0.25) is 0 Å². The van der Waals surface area contributed by atoms with Gasteiger partial charge in [-0.25, -0.2) is 10.3 Å². The second-order valence-corrected chi connectivity index (χ2v) is 4.45. The molecule has 1 aliphatic rings. The molecule has 0 spiro atoms. The summed E-state index contributed by atoms with van der Waals surface area (Å²) in [5.41, 5.74) is 1.10. The number of piperidine rings is 1. The van der Waals surface area contributed by atoms with Crippen molar-refractivity contribution in [2.45, 2.75) is 18.9 Å². The first-order chi connectivity index (χ1) is 8.92. The lowest BCUT2D eigenvalue weighted by atomic mass is 10.1. The van der Waals surface area contributed by atoms with E-state index in [2.05, 4.69) is 10.3 Å². The van der Waals surface area contributed by atoms with Gasteiger partial charge in [0.15, 0.2) is 0 Å². The molecule has 0 saturated carbocycles. The Morgan fingerprint density at radius 1 is 1.11 bits per heavy atom. The van der Waals surface area contributed by atoms with Crippen molar-refractivity contribution in [3.63, 3.8) is 0 Å². The van der Waals surface area contributed by atoms with E-state index in [9.17, 15) is 0 Å². The minimum Gasteiger partial charge on any atom is -0.490 e. The molecule has 4 heteroatoms. The third-order valence-electron chi connectivity index (χ3n) is 3.16. The van der Waals surface area contributed by atoms with E-state index in [0.29, 0.717) is 6.10 Å². The summed E-state index contributed by atoms with van der Waals surface area (Å²) in [5, 5.41) is 4.33. The second kappa shape index (κ2) is 5.23. The Hall–Kier alpha value is -1.81. The number of aromatic nitrogens is 2. The molecule has 18 heavy (non-hydrogen) atoms. The van der Waals surface area contributed by atoms with Crippen LogP contribution < -0.4 is 10.1 Å². The second-order valence-electron chi connectivity index (χ2n) is 4.45. The maximum Gasteiger partial charge on any atom is 0.119 e. The maximum absolute atomic E-state index is 5.94. The number of hydrogen-bond acceptors (Lipinski definition) is 2. The topological polar surface area (TPSA) is 41.2 Å². The summed E-state index contributed by atoms with van der Waals surface area (Å²) < 4.78 is 7.92. The van der Waals surface area contributed by atoms with Crippen LogP contribution in [0, 0.1) is 0 Å². The van der Waals surface area contributed by atoms with Crippen molar-refractivity contribution in [1.29, 1.82) is 0 Å². The van der Waals surface area contributed by atoms with Crippen molar-refractivity contribution >= 4 is 0 Å². The first-order valence-electron chi connectivity index (χ1n) is 6.30. The number of hydrogen-bond donors (Lipinski definition) is 0. The summed E-state index contributed by atoms with van der Waals surface area (Å²) in [5.74, 6) is 0.936. The Morgan fingerprint density at radius 3 is 2.56 bits per heavy atom. The summed E-state index contributed by atoms with van der Waals surface area (Å²) >= 11 is 0. The van der Waals surface area contributed by atoms with E-state index in [1.54, 1.807) is 12.5 Å². The maximum atomic E-state index is 5.94. The summed E-state index contributed by atoms with van der Waals surface area (Å²) in [6.45, 7) is 1.86. The minimum absolute atomic E-state index is 0.321. The number of rotatable bonds is 3. The van der Waals surface area contributed by atoms with Crippen molar-refractivity contribution < 1.29 is 4.74 Å². The van der Waals surface area contributed by atoms with Crippen molar-refractivity contribution in [3.05, 3.63) is 43.0 Å². The smallest absolute Gasteiger partial charge is 0.119 e. The molecular formula is C14H16N3O. The molecule has 2 aromatic rings. The van der Waals surface area contributed by atoms with Crippen LogP contribution in [0.15, 0.2) is 43.0 Å². The normalized spacial score (nSPS) is 16.7. The molecule has 4 nitrogen and oxygen atoms in total. The molecular weight excluding hydrogens is 226 g/mol. The zero-order chi connectivity index (χ0) is 12.2. The van der Waals surface area contributed by atoms with Gasteiger partial charge in [-0.2, -0.15) is 0 Å². The van der Waals surface area contributed by atoms with Crippen molar-refractivity contribution in [1.82, 2.24) is 14.9 Å². The molecule has 2 heterocycles. The van der Waals surface area contributed by atoms with Crippen LogP contribution in [0.25, 0.3) is 5.69 Å². The standard InChI is InChI=1S/C14H16N3O/c1-3-13(18-14-5-7-15-8-6-14)4-2-12(1)17-10-9-16-11-17/h1-4,9-11,14H,5-8H2. The van der Waals surface area contributed by atoms with Crippen molar-refractivity contribution in [2.75, 3.05) is 13.1 Å². The van der Waals surface area contributed by atoms with Gasteiger partial charge in [-0.15, -0.1) is 0 Å². The molecule has 1 fully saturated rings. The Morgan fingerprint density at radius 2 is 1.89 bits per heavy atom. The van der Waals surface area contributed by atoms with Gasteiger partial charge in [0.25, 0.3) is 0 Å². The first-order valence-corrected chi connectivity index (χ1v) is 6.30. The van der Waals surface area contributed by atoms with Gasteiger partial charge in [0.05, 0.1) is 6.33 Å². The van der Waals surface area contributed by atoms with Crippen LogP contribution in [0.5, 0.6) is 5.75 Å². The SMILES string of the molecule is c1cn(-c2ccc(OC3CC[N]CC3)cc2)cn1. The largest absolute Gasteiger partial charge is 0.490 e. The fourth-order valence-corrected chi connectivity index (χ4v) is 2.15. The number of nitrogens with zero attached hydrogens (tertiary/aromatic N) is 3. The van der Waals surface area contributed by atoms with Gasteiger partial charge in [0, 0.05) is 31.2 Å². The van der Waals surface area contributed by atoms with Crippen molar-refractivity contribution in [3.8, 4) is 11.4 Å². The van der Waals surface area contributed by atoms with Crippen molar-refractivity contribution in [2.24, 2.45) is 0 Å². The monoisotopic (exact) mass is 242 g/mol. The summed E-state index contributed by atoms with van der Waals surface area (Å²) in [6, 6.07) is 8.12. The number of benzene rings is 1. The highest BCUT2D eigenvalue weighted by Gasteiger charge is 2.14. The van der Waals surface area contributed by atoms with Gasteiger partial charge >= 0.3 is 0 Å². The van der Waals surface area contributed by atoms with Gasteiger partial charge in [0.2, 0.25) is 0 Å². The molecule has 1 saturated heterocycles. The summed E-state index contributed by atoms with van der Waals surface area (Å²) in [6.07, 6.45) is 7.88. The van der Waals surface area contributed by atoms with E-state index in [-0.39, 0.29) is 0 Å². The van der Waals surface area contributed by atoms with Crippen LogP contribution in [-0.2, 0) is 0 Å². The third-order valence-corrected chi connectivity index (χ3v) is 3.16. The highest BCUT2D eigenvalue weighted by Crippen LogP contribution is 2.19. The van der Waals surface area contributed by atoms with Crippen LogP contribution >= 0.6 is 0 Å². The Balaban J connectivity index is 1.67. The molecule has 3 rings (SSSR count). The third kappa shape index (κ3) is 2.54. The predicted octanol–water partition coefficient (Wildman–Crippen LogP) is 2.02. The lowest BCUT2D eigenvalue weighted by molar-refractivity contribution is 0.161. The van der Waals surface area contributed by atoms with Gasteiger partial charge in [-0.3, -0.25) is 0 Å². The van der Waals surface area contributed by atoms with E-state index >= 15 is 0 Å². The molecule has 0 N–H and O–H groups in total. The first kappa shape index (κ1) is 11.3. The molecule has 0 unspecified atom stereocenters. The Kier molecular flexibility index (Phi) is 3.28. The predicted molar refractivity (Wildman–Crippen MR) is 69.1 cm³/mol. The zero-order valence-corrected chi connectivity index (χ0v) is 10.2. The molecule has 1 aliphatic heterocycles. The van der Waals surface area contributed by atoms with E-state index in [1.165, 1.54) is 0 Å². The Bertz CT molecular complexity index is 472. The molecule has 93 valence electrons. The zero-order valence-electron chi connectivity index (χ0n) is 10.2. The average molecular weight is 242 g/mol. The molecule has 0 amide bonds. The van der Waals surface area contributed by atoms with Gasteiger partial charge in [0.1, 0.15) is 11.9 Å². The minimum atomic E-state index is 0.321. The molecule has 1 radical (unpaired) electrons. The van der Waals surface area contributed by atoms with E-state index in [0.717, 1.165) is 37.4 Å². The van der Waals surface area contributed by atoms with Gasteiger partial charge in [-0.05, 0) is 37.1 Å². The Labute approximate surface area is 107 Å².